The molecule has 0 radical (unpaired) electrons. The summed E-state index contributed by atoms with van der Waals surface area (Å²) in [6.45, 7) is 0. The van der Waals surface area contributed by atoms with Gasteiger partial charge in [0.25, 0.3) is 5.91 Å². The van der Waals surface area contributed by atoms with Crippen LogP contribution in [0.2, 0.25) is 5.02 Å². The van der Waals surface area contributed by atoms with Crippen LogP contribution in [0.1, 0.15) is 5.56 Å². The van der Waals surface area contributed by atoms with Crippen LogP contribution in [-0.2, 0) is 11.8 Å². The molecule has 4 rings (SSSR count). The zero-order valence-corrected chi connectivity index (χ0v) is 17.7. The fourth-order valence-electron chi connectivity index (χ4n) is 3.02. The number of hydrazone groups is 1. The van der Waals surface area contributed by atoms with Gasteiger partial charge in [0.15, 0.2) is 11.0 Å². The third kappa shape index (κ3) is 4.53. The normalized spacial score (nSPS) is 11.3. The highest BCUT2D eigenvalue weighted by Gasteiger charge is 2.13. The summed E-state index contributed by atoms with van der Waals surface area (Å²) < 4.78 is 1.84. The molecule has 4 aromatic rings. The van der Waals surface area contributed by atoms with Gasteiger partial charge in [-0.1, -0.05) is 78.0 Å². The Balaban J connectivity index is 1.37. The van der Waals surface area contributed by atoms with Crippen LogP contribution < -0.4 is 5.43 Å². The summed E-state index contributed by atoms with van der Waals surface area (Å²) in [5, 5.41) is 16.0. The van der Waals surface area contributed by atoms with E-state index in [9.17, 15) is 4.79 Å². The molecule has 0 atom stereocenters. The predicted molar refractivity (Wildman–Crippen MR) is 122 cm³/mol. The molecule has 1 amide bonds. The van der Waals surface area contributed by atoms with E-state index in [0.29, 0.717) is 16.0 Å². The van der Waals surface area contributed by atoms with Crippen LogP contribution >= 0.6 is 23.4 Å². The standard InChI is InChI=1S/C22H18ClN5OS/c1-28-21(16-8-5-10-18(23)12-16)26-27-22(28)30-14-20(29)25-24-13-17-9-4-7-15-6-2-3-11-19(15)17/h2-13H,14H2,1H3,(H,25,29)/b24-13-. The molecule has 1 aromatic heterocycles. The fraction of sp³-hybridized carbons (Fsp3) is 0.0909. The predicted octanol–water partition coefficient (Wildman–Crippen LogP) is 4.53. The average Bonchev–Trinajstić information content (AvgIpc) is 3.13. The van der Waals surface area contributed by atoms with Crippen molar-refractivity contribution in [3.05, 3.63) is 77.3 Å². The molecule has 0 saturated carbocycles. The summed E-state index contributed by atoms with van der Waals surface area (Å²) >= 11 is 7.35. The fourth-order valence-corrected chi connectivity index (χ4v) is 3.91. The first-order valence-electron chi connectivity index (χ1n) is 9.19. The number of fused-ring (bicyclic) bond motifs is 1. The van der Waals surface area contributed by atoms with Crippen molar-refractivity contribution in [3.8, 4) is 11.4 Å². The van der Waals surface area contributed by atoms with E-state index in [1.807, 2.05) is 72.3 Å². The third-order valence-corrected chi connectivity index (χ3v) is 5.72. The quantitative estimate of drug-likeness (QED) is 0.274. The number of thioether (sulfide) groups is 1. The summed E-state index contributed by atoms with van der Waals surface area (Å²) in [5.74, 6) is 0.646. The molecular weight excluding hydrogens is 418 g/mol. The van der Waals surface area contributed by atoms with Crippen molar-refractivity contribution in [1.82, 2.24) is 20.2 Å². The van der Waals surface area contributed by atoms with E-state index in [1.54, 1.807) is 12.3 Å². The van der Waals surface area contributed by atoms with Gasteiger partial charge in [0.2, 0.25) is 0 Å². The first-order valence-corrected chi connectivity index (χ1v) is 10.6. The Bertz CT molecular complexity index is 1230. The molecule has 150 valence electrons. The number of hydrogen-bond acceptors (Lipinski definition) is 5. The Kier molecular flexibility index (Phi) is 6.11. The molecular formula is C22H18ClN5OS. The maximum absolute atomic E-state index is 12.2. The number of rotatable bonds is 6. The van der Waals surface area contributed by atoms with Crippen LogP contribution in [0.5, 0.6) is 0 Å². The highest BCUT2D eigenvalue weighted by molar-refractivity contribution is 7.99. The lowest BCUT2D eigenvalue weighted by atomic mass is 10.1. The van der Waals surface area contributed by atoms with E-state index in [1.165, 1.54) is 11.8 Å². The van der Waals surface area contributed by atoms with Gasteiger partial charge in [-0.3, -0.25) is 4.79 Å². The maximum Gasteiger partial charge on any atom is 0.250 e. The summed E-state index contributed by atoms with van der Waals surface area (Å²) in [7, 11) is 1.86. The number of hydrogen-bond donors (Lipinski definition) is 1. The van der Waals surface area contributed by atoms with Gasteiger partial charge in [-0.05, 0) is 22.9 Å². The second kappa shape index (κ2) is 9.11. The first-order chi connectivity index (χ1) is 14.6. The number of amides is 1. The van der Waals surface area contributed by atoms with Gasteiger partial charge < -0.3 is 4.57 Å². The molecule has 0 fully saturated rings. The molecule has 1 heterocycles. The molecule has 0 bridgehead atoms. The van der Waals surface area contributed by atoms with E-state index in [0.717, 1.165) is 21.9 Å². The van der Waals surface area contributed by atoms with Crippen molar-refractivity contribution in [2.24, 2.45) is 12.1 Å². The van der Waals surface area contributed by atoms with E-state index in [4.69, 9.17) is 11.6 Å². The smallest absolute Gasteiger partial charge is 0.250 e. The SMILES string of the molecule is Cn1c(SCC(=O)N/N=C\c2cccc3ccccc23)nnc1-c1cccc(Cl)c1. The van der Waals surface area contributed by atoms with Crippen molar-refractivity contribution in [2.45, 2.75) is 5.16 Å². The van der Waals surface area contributed by atoms with Gasteiger partial charge in [-0.25, -0.2) is 5.43 Å². The second-order valence-corrected chi connectivity index (χ2v) is 7.90. The summed E-state index contributed by atoms with van der Waals surface area (Å²) in [6.07, 6.45) is 1.66. The van der Waals surface area contributed by atoms with Crippen molar-refractivity contribution >= 4 is 46.3 Å². The van der Waals surface area contributed by atoms with Gasteiger partial charge in [0, 0.05) is 23.2 Å². The summed E-state index contributed by atoms with van der Waals surface area (Å²) in [5.41, 5.74) is 4.38. The topological polar surface area (TPSA) is 72.2 Å². The molecule has 6 nitrogen and oxygen atoms in total. The van der Waals surface area contributed by atoms with Crippen molar-refractivity contribution < 1.29 is 4.79 Å². The average molecular weight is 436 g/mol. The Morgan fingerprint density at radius 2 is 1.93 bits per heavy atom. The zero-order chi connectivity index (χ0) is 20.9. The second-order valence-electron chi connectivity index (χ2n) is 6.53. The molecule has 0 aliphatic rings. The van der Waals surface area contributed by atoms with Gasteiger partial charge in [-0.15, -0.1) is 10.2 Å². The molecule has 0 saturated heterocycles. The molecule has 0 aliphatic heterocycles. The number of nitrogens with one attached hydrogen (secondary N) is 1. The Morgan fingerprint density at radius 3 is 2.80 bits per heavy atom. The minimum absolute atomic E-state index is 0.175. The van der Waals surface area contributed by atoms with Gasteiger partial charge in [0.1, 0.15) is 0 Å². The van der Waals surface area contributed by atoms with Crippen LogP contribution in [0.4, 0.5) is 0 Å². The molecule has 3 aromatic carbocycles. The highest BCUT2D eigenvalue weighted by atomic mass is 35.5. The van der Waals surface area contributed by atoms with Crippen molar-refractivity contribution in [2.75, 3.05) is 5.75 Å². The maximum atomic E-state index is 12.2. The van der Waals surface area contributed by atoms with Crippen LogP contribution in [0.3, 0.4) is 0 Å². The first kappa shape index (κ1) is 20.1. The lowest BCUT2D eigenvalue weighted by Gasteiger charge is -2.04. The monoisotopic (exact) mass is 435 g/mol. The Labute approximate surface area is 183 Å². The van der Waals surface area contributed by atoms with E-state index < -0.39 is 0 Å². The van der Waals surface area contributed by atoms with Gasteiger partial charge in [0.05, 0.1) is 12.0 Å². The zero-order valence-electron chi connectivity index (χ0n) is 16.1. The van der Waals surface area contributed by atoms with Crippen molar-refractivity contribution in [1.29, 1.82) is 0 Å². The minimum Gasteiger partial charge on any atom is -0.305 e. The van der Waals surface area contributed by atoms with Gasteiger partial charge in [-0.2, -0.15) is 5.10 Å². The Hall–Kier alpha value is -3.16. The van der Waals surface area contributed by atoms with Crippen LogP contribution in [0.25, 0.3) is 22.2 Å². The molecule has 0 spiro atoms. The Morgan fingerprint density at radius 1 is 1.13 bits per heavy atom. The number of carbonyl (C=O) groups is 1. The van der Waals surface area contributed by atoms with E-state index in [2.05, 4.69) is 20.7 Å². The van der Waals surface area contributed by atoms with Crippen molar-refractivity contribution in [3.63, 3.8) is 0 Å². The van der Waals surface area contributed by atoms with Crippen LogP contribution in [-0.4, -0.2) is 32.6 Å². The number of aromatic nitrogens is 3. The van der Waals surface area contributed by atoms with Gasteiger partial charge >= 0.3 is 0 Å². The minimum atomic E-state index is -0.219. The van der Waals surface area contributed by atoms with E-state index >= 15 is 0 Å². The van der Waals surface area contributed by atoms with Crippen LogP contribution in [0, 0.1) is 0 Å². The number of nitrogens with zero attached hydrogens (tertiary/aromatic N) is 4. The van der Waals surface area contributed by atoms with E-state index in [-0.39, 0.29) is 11.7 Å². The lowest BCUT2D eigenvalue weighted by Crippen LogP contribution is -2.19. The number of benzene rings is 3. The highest BCUT2D eigenvalue weighted by Crippen LogP contribution is 2.24. The number of halogens is 1. The van der Waals surface area contributed by atoms with Crippen LogP contribution in [0.15, 0.2) is 77.0 Å². The molecule has 0 unspecified atom stereocenters. The molecule has 1 N–H and O–H groups in total. The summed E-state index contributed by atoms with van der Waals surface area (Å²) in [6, 6.07) is 21.4. The summed E-state index contributed by atoms with van der Waals surface area (Å²) in [4.78, 5) is 12.2. The molecule has 30 heavy (non-hydrogen) atoms. The number of carbonyl (C=O) groups excluding carboxylic acids is 1. The third-order valence-electron chi connectivity index (χ3n) is 4.47. The lowest BCUT2D eigenvalue weighted by molar-refractivity contribution is -0.118. The molecule has 8 heteroatoms. The largest absolute Gasteiger partial charge is 0.305 e. The molecule has 0 aliphatic carbocycles.